The second kappa shape index (κ2) is 3.85. The summed E-state index contributed by atoms with van der Waals surface area (Å²) >= 11 is 0. The lowest BCUT2D eigenvalue weighted by Gasteiger charge is -2.64. The van der Waals surface area contributed by atoms with E-state index in [2.05, 4.69) is 6.92 Å². The largest absolute Gasteiger partial charge is 0.478 e. The molecule has 4 atom stereocenters. The second-order valence-electron chi connectivity index (χ2n) is 7.94. The van der Waals surface area contributed by atoms with Gasteiger partial charge in [-0.25, -0.2) is 4.79 Å². The maximum absolute atomic E-state index is 10.9. The van der Waals surface area contributed by atoms with Crippen LogP contribution in [0.4, 0.5) is 0 Å². The molecule has 0 aromatic carbocycles. The molecule has 0 saturated heterocycles. The van der Waals surface area contributed by atoms with Gasteiger partial charge in [0.05, 0.1) is 5.60 Å². The highest BCUT2D eigenvalue weighted by atomic mass is 16.4. The summed E-state index contributed by atoms with van der Waals surface area (Å²) in [5.74, 6) is -0.181. The molecule has 0 spiro atoms. The fourth-order valence-electron chi connectivity index (χ4n) is 5.77. The third kappa shape index (κ3) is 2.22. The van der Waals surface area contributed by atoms with Gasteiger partial charge in [0.2, 0.25) is 0 Å². The molecule has 4 fully saturated rings. The van der Waals surface area contributed by atoms with E-state index in [9.17, 15) is 9.90 Å². The zero-order valence-electron chi connectivity index (χ0n) is 11.9. The molecule has 0 heterocycles. The lowest BCUT2D eigenvalue weighted by molar-refractivity contribution is -0.193. The van der Waals surface area contributed by atoms with Gasteiger partial charge in [-0.3, -0.25) is 0 Å². The van der Waals surface area contributed by atoms with E-state index in [1.807, 2.05) is 6.08 Å². The smallest absolute Gasteiger partial charge is 0.330 e. The van der Waals surface area contributed by atoms with Crippen LogP contribution in [0.3, 0.4) is 0 Å². The summed E-state index contributed by atoms with van der Waals surface area (Å²) in [6.45, 7) is 3.98. The van der Waals surface area contributed by atoms with Crippen LogP contribution in [0.25, 0.3) is 0 Å². The van der Waals surface area contributed by atoms with Crippen molar-refractivity contribution in [2.24, 2.45) is 16.7 Å². The predicted molar refractivity (Wildman–Crippen MR) is 72.7 cm³/mol. The highest BCUT2D eigenvalue weighted by molar-refractivity contribution is 5.85. The quantitative estimate of drug-likeness (QED) is 0.770. The average molecular weight is 264 g/mol. The Morgan fingerprint density at radius 1 is 1.26 bits per heavy atom. The molecular formula is C16H24O3. The molecule has 4 rings (SSSR count). The minimum Gasteiger partial charge on any atom is -0.478 e. The summed E-state index contributed by atoms with van der Waals surface area (Å²) < 4.78 is 0. The van der Waals surface area contributed by atoms with Crippen LogP contribution in [-0.4, -0.2) is 21.8 Å². The number of hydrogen-bond donors (Lipinski definition) is 2. The molecule has 0 aliphatic heterocycles. The first-order valence-corrected chi connectivity index (χ1v) is 7.36. The summed E-state index contributed by atoms with van der Waals surface area (Å²) in [6, 6.07) is 0. The monoisotopic (exact) mass is 264 g/mol. The van der Waals surface area contributed by atoms with Gasteiger partial charge < -0.3 is 10.2 Å². The molecule has 0 aromatic heterocycles. The molecule has 2 N–H and O–H groups in total. The van der Waals surface area contributed by atoms with Crippen molar-refractivity contribution in [1.29, 1.82) is 0 Å². The number of aliphatic hydroxyl groups is 1. The number of carbonyl (C=O) groups is 1. The lowest BCUT2D eigenvalue weighted by atomic mass is 9.42. The summed E-state index contributed by atoms with van der Waals surface area (Å²) in [5, 5.41) is 19.7. The maximum Gasteiger partial charge on any atom is 0.330 e. The van der Waals surface area contributed by atoms with Crippen LogP contribution in [0.1, 0.15) is 58.8 Å². The van der Waals surface area contributed by atoms with Gasteiger partial charge >= 0.3 is 5.97 Å². The van der Waals surface area contributed by atoms with Crippen molar-refractivity contribution >= 4 is 5.97 Å². The van der Waals surface area contributed by atoms with Gasteiger partial charge in [0.15, 0.2) is 0 Å². The molecule has 4 aliphatic carbocycles. The van der Waals surface area contributed by atoms with Crippen molar-refractivity contribution in [2.45, 2.75) is 64.4 Å². The summed E-state index contributed by atoms with van der Waals surface area (Å²) in [4.78, 5) is 10.9. The first-order chi connectivity index (χ1) is 8.73. The maximum atomic E-state index is 10.9. The Kier molecular flexibility index (Phi) is 2.66. The standard InChI is InChI=1S/C16H24O3/c1-11(13(17)18)3-4-15-6-12-5-14(2,8-15)9-16(19,7-12)10-15/h3,12,19H,4-10H2,1-2H3,(H,17,18). The van der Waals surface area contributed by atoms with E-state index in [4.69, 9.17) is 5.11 Å². The molecule has 4 aliphatic rings. The number of allylic oxidation sites excluding steroid dienone is 1. The van der Waals surface area contributed by atoms with Gasteiger partial charge in [0.1, 0.15) is 0 Å². The van der Waals surface area contributed by atoms with Crippen LogP contribution in [0, 0.1) is 16.7 Å². The molecule has 4 bridgehead atoms. The number of hydrogen-bond acceptors (Lipinski definition) is 2. The molecule has 4 unspecified atom stereocenters. The van der Waals surface area contributed by atoms with E-state index in [0.29, 0.717) is 11.5 Å². The summed E-state index contributed by atoms with van der Waals surface area (Å²) in [5.41, 5.74) is 0.394. The molecule has 3 heteroatoms. The highest BCUT2D eigenvalue weighted by Crippen LogP contribution is 2.67. The molecule has 19 heavy (non-hydrogen) atoms. The molecule has 4 saturated carbocycles. The van der Waals surface area contributed by atoms with Crippen LogP contribution < -0.4 is 0 Å². The molecular weight excluding hydrogens is 240 g/mol. The van der Waals surface area contributed by atoms with Gasteiger partial charge in [-0.15, -0.1) is 0 Å². The summed E-state index contributed by atoms with van der Waals surface area (Å²) in [7, 11) is 0. The fourth-order valence-corrected chi connectivity index (χ4v) is 5.77. The Balaban J connectivity index is 1.85. The third-order valence-electron chi connectivity index (χ3n) is 5.61. The SMILES string of the molecule is CC(=CCC12CC3CC(C)(CC(O)(C3)C1)C2)C(=O)O. The van der Waals surface area contributed by atoms with Crippen molar-refractivity contribution in [3.8, 4) is 0 Å². The molecule has 106 valence electrons. The normalized spacial score (nSPS) is 48.6. The Morgan fingerprint density at radius 2 is 2.00 bits per heavy atom. The number of carboxylic acid groups (broad SMARTS) is 1. The van der Waals surface area contributed by atoms with E-state index >= 15 is 0 Å². The number of carboxylic acids is 1. The van der Waals surface area contributed by atoms with Gasteiger partial charge in [-0.1, -0.05) is 13.0 Å². The van der Waals surface area contributed by atoms with Gasteiger partial charge in [-0.05, 0) is 68.6 Å². The molecule has 0 aromatic rings. The summed E-state index contributed by atoms with van der Waals surface area (Å²) in [6.07, 6.45) is 9.05. The van der Waals surface area contributed by atoms with E-state index < -0.39 is 11.6 Å². The second-order valence-corrected chi connectivity index (χ2v) is 7.94. The highest BCUT2D eigenvalue weighted by Gasteiger charge is 2.60. The van der Waals surface area contributed by atoms with Crippen molar-refractivity contribution in [3.63, 3.8) is 0 Å². The van der Waals surface area contributed by atoms with Gasteiger partial charge in [-0.2, -0.15) is 0 Å². The lowest BCUT2D eigenvalue weighted by Crippen LogP contribution is -2.59. The third-order valence-corrected chi connectivity index (χ3v) is 5.61. The molecule has 3 nitrogen and oxygen atoms in total. The first-order valence-electron chi connectivity index (χ1n) is 7.36. The van der Waals surface area contributed by atoms with E-state index in [1.165, 1.54) is 12.8 Å². The van der Waals surface area contributed by atoms with Crippen molar-refractivity contribution in [1.82, 2.24) is 0 Å². The fraction of sp³-hybridized carbons (Fsp3) is 0.812. The van der Waals surface area contributed by atoms with Crippen LogP contribution in [0.2, 0.25) is 0 Å². The van der Waals surface area contributed by atoms with Crippen molar-refractivity contribution in [2.75, 3.05) is 0 Å². The topological polar surface area (TPSA) is 57.5 Å². The van der Waals surface area contributed by atoms with Gasteiger partial charge in [0, 0.05) is 5.57 Å². The van der Waals surface area contributed by atoms with Crippen LogP contribution in [0.5, 0.6) is 0 Å². The minimum atomic E-state index is -0.824. The first kappa shape index (κ1) is 13.2. The van der Waals surface area contributed by atoms with Crippen LogP contribution in [0.15, 0.2) is 11.6 Å². The Morgan fingerprint density at radius 3 is 2.58 bits per heavy atom. The molecule has 0 radical (unpaired) electrons. The Bertz CT molecular complexity index is 433. The number of rotatable bonds is 3. The van der Waals surface area contributed by atoms with E-state index in [0.717, 1.165) is 32.1 Å². The predicted octanol–water partition coefficient (Wildman–Crippen LogP) is 3.13. The Labute approximate surface area is 114 Å². The average Bonchev–Trinajstić information content (AvgIpc) is 2.20. The zero-order valence-corrected chi connectivity index (χ0v) is 11.9. The zero-order chi connectivity index (χ0) is 13.9. The molecule has 0 amide bonds. The van der Waals surface area contributed by atoms with Crippen molar-refractivity contribution in [3.05, 3.63) is 11.6 Å². The van der Waals surface area contributed by atoms with Gasteiger partial charge in [0.25, 0.3) is 0 Å². The van der Waals surface area contributed by atoms with Crippen LogP contribution in [-0.2, 0) is 4.79 Å². The Hall–Kier alpha value is -0.830. The van der Waals surface area contributed by atoms with Crippen LogP contribution >= 0.6 is 0 Å². The van der Waals surface area contributed by atoms with E-state index in [1.54, 1.807) is 6.92 Å². The van der Waals surface area contributed by atoms with Crippen molar-refractivity contribution < 1.29 is 15.0 Å². The number of aliphatic carboxylic acids is 1. The minimum absolute atomic E-state index is 0.152. The van der Waals surface area contributed by atoms with E-state index in [-0.39, 0.29) is 10.8 Å².